The van der Waals surface area contributed by atoms with Crippen molar-refractivity contribution in [3.8, 4) is 0 Å². The number of hydrogen-bond acceptors (Lipinski definition) is 6. The van der Waals surface area contributed by atoms with E-state index < -0.39 is 5.76 Å². The van der Waals surface area contributed by atoms with Crippen LogP contribution in [0.4, 0.5) is 11.4 Å². The van der Waals surface area contributed by atoms with Gasteiger partial charge in [0.25, 0.3) is 0 Å². The molecule has 0 atom stereocenters. The number of anilines is 2. The molecule has 8 heteroatoms. The van der Waals surface area contributed by atoms with Crippen molar-refractivity contribution in [3.63, 3.8) is 0 Å². The highest BCUT2D eigenvalue weighted by molar-refractivity contribution is 5.76. The molecule has 0 saturated heterocycles. The second-order valence-corrected chi connectivity index (χ2v) is 9.64. The molecule has 0 spiro atoms. The van der Waals surface area contributed by atoms with E-state index in [9.17, 15) is 4.79 Å². The molecule has 4 heterocycles. The van der Waals surface area contributed by atoms with Gasteiger partial charge in [-0.05, 0) is 66.6 Å². The van der Waals surface area contributed by atoms with E-state index in [0.29, 0.717) is 12.4 Å². The van der Waals surface area contributed by atoms with Crippen LogP contribution >= 0.6 is 0 Å². The van der Waals surface area contributed by atoms with E-state index in [2.05, 4.69) is 82.8 Å². The van der Waals surface area contributed by atoms with Gasteiger partial charge in [-0.3, -0.25) is 9.51 Å². The fourth-order valence-electron chi connectivity index (χ4n) is 5.39. The molecule has 8 nitrogen and oxygen atoms in total. The van der Waals surface area contributed by atoms with Crippen molar-refractivity contribution >= 4 is 22.5 Å². The number of para-hydroxylation sites is 1. The predicted octanol–water partition coefficient (Wildman–Crippen LogP) is 5.03. The van der Waals surface area contributed by atoms with Gasteiger partial charge in [0.2, 0.25) is 0 Å². The lowest BCUT2D eigenvalue weighted by molar-refractivity contribution is 0.381. The first-order valence-electron chi connectivity index (χ1n) is 12.9. The van der Waals surface area contributed by atoms with Crippen molar-refractivity contribution in [3.05, 3.63) is 98.7 Å². The molecule has 1 N–H and O–H groups in total. The fraction of sp³-hybridized carbons (Fsp3) is 0.310. The van der Waals surface area contributed by atoms with Gasteiger partial charge >= 0.3 is 5.76 Å². The molecule has 0 radical (unpaired) electrons. The van der Waals surface area contributed by atoms with Crippen LogP contribution in [0.1, 0.15) is 53.4 Å². The van der Waals surface area contributed by atoms with Gasteiger partial charge in [0.1, 0.15) is 11.3 Å². The Bertz CT molecular complexity index is 1660. The van der Waals surface area contributed by atoms with E-state index in [0.717, 1.165) is 66.3 Å². The zero-order valence-corrected chi connectivity index (χ0v) is 21.4. The SMILES string of the molecule is CCc1cc(C)c2nc(CC)n(Cc3ccc4c(c3)CCc3ccccc3N4Cc3noc(=O)[nH]3)c2n1. The summed E-state index contributed by atoms with van der Waals surface area (Å²) in [6.45, 7) is 7.55. The summed E-state index contributed by atoms with van der Waals surface area (Å²) in [5, 5.41) is 3.92. The molecule has 0 bridgehead atoms. The van der Waals surface area contributed by atoms with Crippen LogP contribution in [0.2, 0.25) is 0 Å². The van der Waals surface area contributed by atoms with E-state index in [1.807, 2.05) is 6.07 Å². The zero-order chi connectivity index (χ0) is 25.5. The normalized spacial score (nSPS) is 13.0. The summed E-state index contributed by atoms with van der Waals surface area (Å²) < 4.78 is 7.04. The van der Waals surface area contributed by atoms with Gasteiger partial charge in [0.05, 0.1) is 13.1 Å². The number of aromatic amines is 1. The number of pyridine rings is 1. The number of fused-ring (bicyclic) bond motifs is 3. The molecule has 37 heavy (non-hydrogen) atoms. The maximum absolute atomic E-state index is 11.6. The van der Waals surface area contributed by atoms with Gasteiger partial charge in [0, 0.05) is 23.5 Å². The van der Waals surface area contributed by atoms with Crippen molar-refractivity contribution in [2.45, 2.75) is 59.5 Å². The Morgan fingerprint density at radius 2 is 1.76 bits per heavy atom. The van der Waals surface area contributed by atoms with E-state index in [1.54, 1.807) is 0 Å². The Morgan fingerprint density at radius 3 is 2.54 bits per heavy atom. The minimum absolute atomic E-state index is 0.421. The van der Waals surface area contributed by atoms with Crippen LogP contribution in [0.25, 0.3) is 11.2 Å². The Morgan fingerprint density at radius 1 is 0.946 bits per heavy atom. The molecule has 3 aromatic heterocycles. The number of nitrogens with one attached hydrogen (secondary N) is 1. The van der Waals surface area contributed by atoms with Gasteiger partial charge in [0.15, 0.2) is 11.5 Å². The van der Waals surface area contributed by atoms with Gasteiger partial charge in [-0.15, -0.1) is 0 Å². The van der Waals surface area contributed by atoms with Crippen LogP contribution < -0.4 is 10.7 Å². The van der Waals surface area contributed by atoms with Crippen molar-refractivity contribution in [1.29, 1.82) is 0 Å². The number of rotatable bonds is 6. The third-order valence-electron chi connectivity index (χ3n) is 7.22. The Labute approximate surface area is 215 Å². The van der Waals surface area contributed by atoms with Crippen LogP contribution in [0.3, 0.4) is 0 Å². The van der Waals surface area contributed by atoms with Gasteiger partial charge < -0.3 is 9.47 Å². The topological polar surface area (TPSA) is 92.8 Å². The summed E-state index contributed by atoms with van der Waals surface area (Å²) in [4.78, 5) is 26.4. The highest BCUT2D eigenvalue weighted by Gasteiger charge is 2.23. The third kappa shape index (κ3) is 4.22. The zero-order valence-electron chi connectivity index (χ0n) is 21.4. The lowest BCUT2D eigenvalue weighted by Gasteiger charge is -2.26. The van der Waals surface area contributed by atoms with Crippen molar-refractivity contribution in [2.24, 2.45) is 0 Å². The summed E-state index contributed by atoms with van der Waals surface area (Å²) in [5.41, 5.74) is 10.2. The maximum Gasteiger partial charge on any atom is 0.438 e. The maximum atomic E-state index is 11.6. The first kappa shape index (κ1) is 23.2. The standard InChI is InChI=1S/C29H30N6O2/c1-4-22-14-18(3)27-28(30-22)35(26(5-2)32-27)16-19-10-13-24-21(15-19)12-11-20-8-6-7-9-23(20)34(24)17-25-31-29(36)37-33-25/h6-10,13-15H,4-5,11-12,16-17H2,1-3H3,(H,31,33,36). The molecule has 0 fully saturated rings. The lowest BCUT2D eigenvalue weighted by Crippen LogP contribution is -2.19. The second kappa shape index (κ2) is 9.35. The number of H-pyrrole nitrogens is 1. The Kier molecular flexibility index (Phi) is 5.87. The van der Waals surface area contributed by atoms with E-state index >= 15 is 0 Å². The molecule has 5 aromatic rings. The highest BCUT2D eigenvalue weighted by atomic mass is 16.5. The molecule has 6 rings (SSSR count). The Balaban J connectivity index is 1.41. The first-order valence-corrected chi connectivity index (χ1v) is 12.9. The van der Waals surface area contributed by atoms with E-state index in [1.165, 1.54) is 22.3 Å². The monoisotopic (exact) mass is 494 g/mol. The van der Waals surface area contributed by atoms with Crippen molar-refractivity contribution < 1.29 is 4.52 Å². The molecule has 0 unspecified atom stereocenters. The predicted molar refractivity (Wildman–Crippen MR) is 143 cm³/mol. The smallest absolute Gasteiger partial charge is 0.333 e. The van der Waals surface area contributed by atoms with Crippen LogP contribution in [-0.2, 0) is 38.8 Å². The molecule has 188 valence electrons. The number of hydrogen-bond donors (Lipinski definition) is 1. The van der Waals surface area contributed by atoms with E-state index in [-0.39, 0.29) is 0 Å². The van der Waals surface area contributed by atoms with Gasteiger partial charge in [-0.1, -0.05) is 49.3 Å². The summed E-state index contributed by atoms with van der Waals surface area (Å²) in [7, 11) is 0. The number of imidazole rings is 1. The molecular formula is C29H30N6O2. The summed E-state index contributed by atoms with van der Waals surface area (Å²) in [6.07, 6.45) is 3.61. The molecule has 0 saturated carbocycles. The number of benzene rings is 2. The molecule has 1 aliphatic heterocycles. The third-order valence-corrected chi connectivity index (χ3v) is 7.22. The quantitative estimate of drug-likeness (QED) is 0.356. The van der Waals surface area contributed by atoms with Gasteiger partial charge in [-0.25, -0.2) is 14.8 Å². The molecular weight excluding hydrogens is 464 g/mol. The summed E-state index contributed by atoms with van der Waals surface area (Å²) in [6, 6.07) is 17.3. The van der Waals surface area contributed by atoms with E-state index in [4.69, 9.17) is 14.5 Å². The minimum atomic E-state index is -0.539. The second-order valence-electron chi connectivity index (χ2n) is 9.64. The number of nitrogens with zero attached hydrogens (tertiary/aromatic N) is 5. The first-order chi connectivity index (χ1) is 18.0. The lowest BCUT2D eigenvalue weighted by atomic mass is 10.0. The van der Waals surface area contributed by atoms with Crippen molar-refractivity contribution in [1.82, 2.24) is 24.7 Å². The average Bonchev–Trinajstić information content (AvgIpc) is 3.44. The Hall–Kier alpha value is -4.20. The van der Waals surface area contributed by atoms with Crippen molar-refractivity contribution in [2.75, 3.05) is 4.90 Å². The largest absolute Gasteiger partial charge is 0.438 e. The highest BCUT2D eigenvalue weighted by Crippen LogP contribution is 2.37. The van der Waals surface area contributed by atoms with Crippen LogP contribution in [-0.4, -0.2) is 24.7 Å². The van der Waals surface area contributed by atoms with Crippen LogP contribution in [0.5, 0.6) is 0 Å². The molecule has 0 amide bonds. The van der Waals surface area contributed by atoms with Crippen LogP contribution in [0, 0.1) is 6.92 Å². The van der Waals surface area contributed by atoms with Crippen LogP contribution in [0.15, 0.2) is 57.8 Å². The molecule has 2 aromatic carbocycles. The summed E-state index contributed by atoms with van der Waals surface area (Å²) >= 11 is 0. The molecule has 0 aliphatic carbocycles. The number of aryl methyl sites for hydroxylation is 5. The average molecular weight is 495 g/mol. The van der Waals surface area contributed by atoms with Gasteiger partial charge in [-0.2, -0.15) is 0 Å². The fourth-order valence-corrected chi connectivity index (χ4v) is 5.39. The summed E-state index contributed by atoms with van der Waals surface area (Å²) in [5.74, 6) is 1.02. The minimum Gasteiger partial charge on any atom is -0.333 e. The molecule has 1 aliphatic rings. The number of aromatic nitrogens is 5.